The highest BCUT2D eigenvalue weighted by atomic mass is 19.1. The molecule has 3 rings (SSSR count). The first-order chi connectivity index (χ1) is 14.7. The minimum Gasteiger partial charge on any atom is -0.394 e. The molecular weight excluding hydrogens is 405 g/mol. The second-order valence-electron chi connectivity index (χ2n) is 7.75. The Bertz CT molecular complexity index is 1010. The van der Waals surface area contributed by atoms with Gasteiger partial charge in [-0.2, -0.15) is 0 Å². The van der Waals surface area contributed by atoms with E-state index in [4.69, 9.17) is 0 Å². The lowest BCUT2D eigenvalue weighted by molar-refractivity contribution is -0.118. The Balaban J connectivity index is 1.88. The van der Waals surface area contributed by atoms with Gasteiger partial charge in [0.25, 0.3) is 17.6 Å². The molecule has 31 heavy (non-hydrogen) atoms. The molecule has 0 fully saturated rings. The van der Waals surface area contributed by atoms with E-state index in [1.54, 1.807) is 11.5 Å². The van der Waals surface area contributed by atoms with E-state index in [0.717, 1.165) is 12.8 Å². The normalized spacial score (nSPS) is 15.0. The molecule has 1 aliphatic rings. The van der Waals surface area contributed by atoms with Crippen LogP contribution < -0.4 is 10.6 Å². The molecule has 8 nitrogen and oxygen atoms in total. The molecule has 0 saturated carbocycles. The van der Waals surface area contributed by atoms with Gasteiger partial charge in [-0.1, -0.05) is 0 Å². The Morgan fingerprint density at radius 3 is 2.61 bits per heavy atom. The lowest BCUT2D eigenvalue weighted by atomic mass is 10.1. The average Bonchev–Trinajstić information content (AvgIpc) is 3.13. The van der Waals surface area contributed by atoms with Crippen LogP contribution in [-0.4, -0.2) is 51.1 Å². The summed E-state index contributed by atoms with van der Waals surface area (Å²) in [7, 11) is 0. The zero-order chi connectivity index (χ0) is 22.7. The van der Waals surface area contributed by atoms with E-state index in [0.29, 0.717) is 29.9 Å². The largest absolute Gasteiger partial charge is 0.394 e. The molecule has 0 radical (unpaired) electrons. The number of hydrogen-bond acceptors (Lipinski definition) is 5. The minimum atomic E-state index is -1.04. The Labute approximate surface area is 179 Å². The van der Waals surface area contributed by atoms with E-state index in [1.165, 1.54) is 31.2 Å². The number of hydrogen-bond donors (Lipinski definition) is 4. The van der Waals surface area contributed by atoms with Crippen LogP contribution in [0.15, 0.2) is 24.3 Å². The number of nitrogens with one attached hydrogen (secondary N) is 2. The molecule has 1 aliphatic heterocycles. The number of anilines is 1. The predicted molar refractivity (Wildman–Crippen MR) is 111 cm³/mol. The van der Waals surface area contributed by atoms with E-state index >= 15 is 0 Å². The maximum Gasteiger partial charge on any atom is 0.294 e. The lowest BCUT2D eigenvalue weighted by Crippen LogP contribution is -2.47. The fraction of sp³-hybridized carbons (Fsp3) is 0.409. The first kappa shape index (κ1) is 22.6. The van der Waals surface area contributed by atoms with Gasteiger partial charge in [0.05, 0.1) is 30.0 Å². The van der Waals surface area contributed by atoms with E-state index in [-0.39, 0.29) is 17.1 Å². The van der Waals surface area contributed by atoms with Gasteiger partial charge in [-0.05, 0) is 62.9 Å². The van der Waals surface area contributed by atoms with Crippen LogP contribution in [0.2, 0.25) is 0 Å². The molecule has 0 saturated heterocycles. The van der Waals surface area contributed by atoms with Crippen LogP contribution in [0.25, 0.3) is 0 Å². The molecule has 1 aromatic heterocycles. The van der Waals surface area contributed by atoms with Gasteiger partial charge in [-0.25, -0.2) is 4.39 Å². The summed E-state index contributed by atoms with van der Waals surface area (Å²) < 4.78 is 15.2. The standard InChI is InChI=1S/C22H26FN3O5/c1-12-9-14(6-7-16(12)23)24-21(30)15-10-19(26-8-4-3-5-18(15)26)20(29)22(31)25-17(11-27)13(2)28/h6-7,9-10,13,17,27-28H,3-5,8,11H2,1-2H3,(H,24,30)(H,25,31)/t13-,17-/m0/s1. The van der Waals surface area contributed by atoms with E-state index < -0.39 is 36.4 Å². The van der Waals surface area contributed by atoms with Crippen LogP contribution in [0.5, 0.6) is 0 Å². The van der Waals surface area contributed by atoms with Gasteiger partial charge >= 0.3 is 0 Å². The number of carbonyl (C=O) groups is 3. The summed E-state index contributed by atoms with van der Waals surface area (Å²) in [6.07, 6.45) is 1.18. The Morgan fingerprint density at radius 2 is 1.97 bits per heavy atom. The number of nitrogens with zero attached hydrogens (tertiary/aromatic N) is 1. The molecule has 2 atom stereocenters. The number of halogens is 1. The van der Waals surface area contributed by atoms with Gasteiger partial charge in [0.1, 0.15) is 5.82 Å². The number of aryl methyl sites for hydroxylation is 1. The Hall–Kier alpha value is -3.04. The van der Waals surface area contributed by atoms with Crippen molar-refractivity contribution in [2.75, 3.05) is 11.9 Å². The van der Waals surface area contributed by atoms with E-state index in [9.17, 15) is 29.0 Å². The van der Waals surface area contributed by atoms with Crippen molar-refractivity contribution < 1.29 is 29.0 Å². The number of aromatic nitrogens is 1. The molecule has 0 aliphatic carbocycles. The molecule has 2 amide bonds. The first-order valence-electron chi connectivity index (χ1n) is 10.2. The van der Waals surface area contributed by atoms with Crippen molar-refractivity contribution >= 4 is 23.3 Å². The summed E-state index contributed by atoms with van der Waals surface area (Å²) in [5, 5.41) is 23.9. The van der Waals surface area contributed by atoms with E-state index in [2.05, 4.69) is 10.6 Å². The number of benzene rings is 1. The highest BCUT2D eigenvalue weighted by Gasteiger charge is 2.30. The average molecular weight is 431 g/mol. The molecule has 0 unspecified atom stereocenters. The van der Waals surface area contributed by atoms with E-state index in [1.807, 2.05) is 0 Å². The molecule has 9 heteroatoms. The molecule has 1 aromatic carbocycles. The van der Waals surface area contributed by atoms with Crippen molar-refractivity contribution in [3.8, 4) is 0 Å². The van der Waals surface area contributed by atoms with Crippen LogP contribution in [0, 0.1) is 12.7 Å². The SMILES string of the molecule is Cc1cc(NC(=O)c2cc(C(=O)C(=O)N[C@@H](CO)[C@H](C)O)n3c2CCCC3)ccc1F. The van der Waals surface area contributed by atoms with Crippen molar-refractivity contribution in [1.82, 2.24) is 9.88 Å². The van der Waals surface area contributed by atoms with Crippen molar-refractivity contribution in [1.29, 1.82) is 0 Å². The number of rotatable bonds is 7. The predicted octanol–water partition coefficient (Wildman–Crippen LogP) is 1.56. The third kappa shape index (κ3) is 4.83. The number of fused-ring (bicyclic) bond motifs is 1. The first-order valence-corrected chi connectivity index (χ1v) is 10.2. The Morgan fingerprint density at radius 1 is 1.23 bits per heavy atom. The lowest BCUT2D eigenvalue weighted by Gasteiger charge is -2.20. The minimum absolute atomic E-state index is 0.0786. The Kier molecular flexibility index (Phi) is 6.87. The van der Waals surface area contributed by atoms with Gasteiger partial charge < -0.3 is 25.4 Å². The summed E-state index contributed by atoms with van der Waals surface area (Å²) >= 11 is 0. The molecule has 4 N–H and O–H groups in total. The summed E-state index contributed by atoms with van der Waals surface area (Å²) in [6, 6.07) is 4.65. The summed E-state index contributed by atoms with van der Waals surface area (Å²) in [4.78, 5) is 38.1. The van der Waals surface area contributed by atoms with Crippen molar-refractivity contribution in [3.63, 3.8) is 0 Å². The number of amides is 2. The molecular formula is C22H26FN3O5. The topological polar surface area (TPSA) is 121 Å². The third-order valence-electron chi connectivity index (χ3n) is 5.45. The second-order valence-corrected chi connectivity index (χ2v) is 7.75. The molecule has 0 bridgehead atoms. The van der Waals surface area contributed by atoms with Gasteiger partial charge in [0, 0.05) is 17.9 Å². The zero-order valence-corrected chi connectivity index (χ0v) is 17.4. The van der Waals surface area contributed by atoms with Gasteiger partial charge in [-0.3, -0.25) is 14.4 Å². The smallest absolute Gasteiger partial charge is 0.294 e. The summed E-state index contributed by atoms with van der Waals surface area (Å²) in [6.45, 7) is 2.96. The molecule has 2 heterocycles. The van der Waals surface area contributed by atoms with Crippen LogP contribution in [-0.2, 0) is 17.8 Å². The van der Waals surface area contributed by atoms with Gasteiger partial charge in [0.15, 0.2) is 0 Å². The fourth-order valence-electron chi connectivity index (χ4n) is 3.65. The summed E-state index contributed by atoms with van der Waals surface area (Å²) in [5.74, 6) is -2.64. The maximum atomic E-state index is 13.5. The van der Waals surface area contributed by atoms with Crippen molar-refractivity contribution in [2.45, 2.75) is 51.8 Å². The highest BCUT2D eigenvalue weighted by Crippen LogP contribution is 2.25. The fourth-order valence-corrected chi connectivity index (χ4v) is 3.65. The molecule has 2 aromatic rings. The number of ketones is 1. The maximum absolute atomic E-state index is 13.5. The monoisotopic (exact) mass is 431 g/mol. The number of aliphatic hydroxyl groups excluding tert-OH is 2. The van der Waals surface area contributed by atoms with Crippen molar-refractivity contribution in [2.24, 2.45) is 0 Å². The van der Waals surface area contributed by atoms with Crippen LogP contribution in [0.3, 0.4) is 0 Å². The molecule has 0 spiro atoms. The number of Topliss-reactive ketones (excluding diaryl/α,β-unsaturated/α-hetero) is 1. The zero-order valence-electron chi connectivity index (χ0n) is 17.4. The van der Waals surface area contributed by atoms with Gasteiger partial charge in [-0.15, -0.1) is 0 Å². The number of aliphatic hydroxyl groups is 2. The number of carbonyl (C=O) groups excluding carboxylic acids is 3. The highest BCUT2D eigenvalue weighted by molar-refractivity contribution is 6.42. The quantitative estimate of drug-likeness (QED) is 0.392. The van der Waals surface area contributed by atoms with Crippen LogP contribution in [0.1, 0.15) is 51.9 Å². The van der Waals surface area contributed by atoms with Crippen LogP contribution >= 0.6 is 0 Å². The van der Waals surface area contributed by atoms with Crippen LogP contribution in [0.4, 0.5) is 10.1 Å². The third-order valence-corrected chi connectivity index (χ3v) is 5.45. The molecule has 166 valence electrons. The second kappa shape index (κ2) is 9.40. The summed E-state index contributed by atoms with van der Waals surface area (Å²) in [5.41, 5.74) is 1.84. The van der Waals surface area contributed by atoms with Crippen molar-refractivity contribution in [3.05, 3.63) is 52.6 Å². The van der Waals surface area contributed by atoms with Gasteiger partial charge in [0.2, 0.25) is 0 Å².